The van der Waals surface area contributed by atoms with Gasteiger partial charge in [0.1, 0.15) is 6.26 Å². The number of aromatic nitrogens is 1. The van der Waals surface area contributed by atoms with E-state index in [2.05, 4.69) is 10.3 Å². The van der Waals surface area contributed by atoms with Crippen molar-refractivity contribution in [2.75, 3.05) is 19.4 Å². The standard InChI is InChI=1S/C14H15F3N4O4S/c1-8-4-5-9(14(15,16)17)6-10(8)18-13-19-11(7-25-13)12(22)20-26(23,24)21(2)3/h4-7H,1-3H3,(H,18,19)(H,20,22). The van der Waals surface area contributed by atoms with Crippen molar-refractivity contribution in [2.24, 2.45) is 0 Å². The molecule has 0 atom stereocenters. The van der Waals surface area contributed by atoms with Gasteiger partial charge in [0.25, 0.3) is 11.9 Å². The lowest BCUT2D eigenvalue weighted by molar-refractivity contribution is -0.137. The van der Waals surface area contributed by atoms with Crippen LogP contribution in [0, 0.1) is 6.92 Å². The molecule has 1 aromatic heterocycles. The van der Waals surface area contributed by atoms with Gasteiger partial charge in [-0.05, 0) is 24.6 Å². The molecule has 0 unspecified atom stereocenters. The Labute approximate surface area is 147 Å². The number of hydrogen-bond donors (Lipinski definition) is 2. The average Bonchev–Trinajstić information content (AvgIpc) is 2.96. The quantitative estimate of drug-likeness (QED) is 0.809. The molecule has 0 fully saturated rings. The summed E-state index contributed by atoms with van der Waals surface area (Å²) in [5.74, 6) is -1.05. The molecule has 0 aliphatic heterocycles. The van der Waals surface area contributed by atoms with Crippen molar-refractivity contribution in [3.05, 3.63) is 41.3 Å². The van der Waals surface area contributed by atoms with Crippen molar-refractivity contribution in [1.29, 1.82) is 0 Å². The Hall–Kier alpha value is -2.60. The second-order valence-electron chi connectivity index (χ2n) is 5.41. The molecular weight excluding hydrogens is 377 g/mol. The number of hydrogen-bond acceptors (Lipinski definition) is 6. The third-order valence-electron chi connectivity index (χ3n) is 3.25. The molecule has 1 heterocycles. The van der Waals surface area contributed by atoms with Crippen LogP contribution in [0.3, 0.4) is 0 Å². The van der Waals surface area contributed by atoms with Crippen molar-refractivity contribution < 1.29 is 30.8 Å². The minimum Gasteiger partial charge on any atom is -0.431 e. The summed E-state index contributed by atoms with van der Waals surface area (Å²) in [6, 6.07) is 2.81. The molecule has 0 aliphatic carbocycles. The molecule has 8 nitrogen and oxygen atoms in total. The van der Waals surface area contributed by atoms with Crippen LogP contribution in [0.4, 0.5) is 24.9 Å². The Bertz CT molecular complexity index is 923. The number of nitrogens with one attached hydrogen (secondary N) is 2. The fourth-order valence-corrected chi connectivity index (χ4v) is 2.27. The van der Waals surface area contributed by atoms with E-state index in [-0.39, 0.29) is 17.4 Å². The minimum absolute atomic E-state index is 0.0783. The van der Waals surface area contributed by atoms with Crippen molar-refractivity contribution in [1.82, 2.24) is 14.0 Å². The summed E-state index contributed by atoms with van der Waals surface area (Å²) in [5, 5.41) is 2.53. The number of anilines is 2. The van der Waals surface area contributed by atoms with Gasteiger partial charge in [-0.2, -0.15) is 30.9 Å². The van der Waals surface area contributed by atoms with E-state index in [1.165, 1.54) is 20.2 Å². The number of alkyl halides is 3. The first-order valence-electron chi connectivity index (χ1n) is 7.05. The zero-order valence-corrected chi connectivity index (χ0v) is 14.7. The highest BCUT2D eigenvalue weighted by Crippen LogP contribution is 2.32. The molecular formula is C14H15F3N4O4S. The maximum absolute atomic E-state index is 12.8. The van der Waals surface area contributed by atoms with E-state index < -0.39 is 27.9 Å². The van der Waals surface area contributed by atoms with Crippen LogP contribution in [0.25, 0.3) is 0 Å². The van der Waals surface area contributed by atoms with E-state index in [0.717, 1.165) is 22.7 Å². The maximum Gasteiger partial charge on any atom is 0.416 e. The first-order valence-corrected chi connectivity index (χ1v) is 8.49. The number of nitrogens with zero attached hydrogens (tertiary/aromatic N) is 2. The normalized spacial score (nSPS) is 12.3. The van der Waals surface area contributed by atoms with Crippen LogP contribution in [0.15, 0.2) is 28.9 Å². The van der Waals surface area contributed by atoms with E-state index in [4.69, 9.17) is 4.42 Å². The minimum atomic E-state index is -4.52. The number of carbonyl (C=O) groups excluding carboxylic acids is 1. The van der Waals surface area contributed by atoms with Gasteiger partial charge in [-0.25, -0.2) is 4.72 Å². The highest BCUT2D eigenvalue weighted by atomic mass is 32.2. The molecule has 2 rings (SSSR count). The summed E-state index contributed by atoms with van der Waals surface area (Å²) < 4.78 is 69.1. The van der Waals surface area contributed by atoms with Gasteiger partial charge in [0.2, 0.25) is 0 Å². The van der Waals surface area contributed by atoms with Gasteiger partial charge in [-0.15, -0.1) is 0 Å². The molecule has 0 radical (unpaired) electrons. The zero-order valence-electron chi connectivity index (χ0n) is 13.9. The summed E-state index contributed by atoms with van der Waals surface area (Å²) >= 11 is 0. The second-order valence-corrected chi connectivity index (χ2v) is 7.29. The monoisotopic (exact) mass is 392 g/mol. The number of oxazole rings is 1. The van der Waals surface area contributed by atoms with E-state index in [1.54, 1.807) is 11.6 Å². The number of rotatable bonds is 5. The highest BCUT2D eigenvalue weighted by molar-refractivity contribution is 7.87. The fourth-order valence-electron chi connectivity index (χ4n) is 1.74. The topological polar surface area (TPSA) is 105 Å². The van der Waals surface area contributed by atoms with Gasteiger partial charge in [-0.1, -0.05) is 6.07 Å². The number of carbonyl (C=O) groups is 1. The third kappa shape index (κ3) is 4.52. The highest BCUT2D eigenvalue weighted by Gasteiger charge is 2.31. The van der Waals surface area contributed by atoms with Gasteiger partial charge < -0.3 is 9.73 Å². The fraction of sp³-hybridized carbons (Fsp3) is 0.286. The van der Waals surface area contributed by atoms with Gasteiger partial charge in [0, 0.05) is 19.8 Å². The van der Waals surface area contributed by atoms with Crippen LogP contribution in [0.1, 0.15) is 21.6 Å². The Morgan fingerprint density at radius 2 is 1.92 bits per heavy atom. The third-order valence-corrected chi connectivity index (χ3v) is 4.65. The van der Waals surface area contributed by atoms with Crippen molar-refractivity contribution >= 4 is 27.8 Å². The number of benzene rings is 1. The summed E-state index contributed by atoms with van der Waals surface area (Å²) in [4.78, 5) is 15.6. The zero-order chi connectivity index (χ0) is 19.7. The van der Waals surface area contributed by atoms with Crippen LogP contribution in [-0.4, -0.2) is 37.7 Å². The summed E-state index contributed by atoms with van der Waals surface area (Å²) in [7, 11) is -1.57. The molecule has 2 N–H and O–H groups in total. The van der Waals surface area contributed by atoms with Crippen LogP contribution >= 0.6 is 0 Å². The Morgan fingerprint density at radius 1 is 1.27 bits per heavy atom. The van der Waals surface area contributed by atoms with Gasteiger partial charge in [-0.3, -0.25) is 4.79 Å². The predicted molar refractivity (Wildman–Crippen MR) is 86.0 cm³/mol. The van der Waals surface area contributed by atoms with E-state index in [0.29, 0.717) is 5.56 Å². The Balaban J connectivity index is 2.20. The Kier molecular flexibility index (Phi) is 5.28. The lowest BCUT2D eigenvalue weighted by Crippen LogP contribution is -2.39. The largest absolute Gasteiger partial charge is 0.431 e. The van der Waals surface area contributed by atoms with Crippen LogP contribution < -0.4 is 10.0 Å². The first kappa shape index (κ1) is 19.7. The van der Waals surface area contributed by atoms with Crippen molar-refractivity contribution in [3.63, 3.8) is 0 Å². The first-order chi connectivity index (χ1) is 11.9. The van der Waals surface area contributed by atoms with E-state index in [9.17, 15) is 26.4 Å². The molecule has 2 aromatic rings. The molecule has 0 bridgehead atoms. The lowest BCUT2D eigenvalue weighted by atomic mass is 10.1. The van der Waals surface area contributed by atoms with Crippen LogP contribution in [0.2, 0.25) is 0 Å². The van der Waals surface area contributed by atoms with Crippen LogP contribution in [-0.2, 0) is 16.4 Å². The molecule has 142 valence electrons. The van der Waals surface area contributed by atoms with Gasteiger partial charge in [0.15, 0.2) is 5.69 Å². The molecule has 0 spiro atoms. The number of amides is 1. The summed E-state index contributed by atoms with van der Waals surface area (Å²) in [6.07, 6.45) is -3.64. The van der Waals surface area contributed by atoms with Gasteiger partial charge >= 0.3 is 16.4 Å². The predicted octanol–water partition coefficient (Wildman–Crippen LogP) is 2.28. The summed E-state index contributed by atoms with van der Waals surface area (Å²) in [5.41, 5.74) is -0.665. The van der Waals surface area contributed by atoms with E-state index >= 15 is 0 Å². The number of halogens is 3. The van der Waals surface area contributed by atoms with Crippen LogP contribution in [0.5, 0.6) is 0 Å². The average molecular weight is 392 g/mol. The van der Waals surface area contributed by atoms with Crippen molar-refractivity contribution in [2.45, 2.75) is 13.1 Å². The number of aryl methyl sites for hydroxylation is 1. The molecule has 12 heteroatoms. The molecule has 0 saturated carbocycles. The van der Waals surface area contributed by atoms with Gasteiger partial charge in [0.05, 0.1) is 5.56 Å². The summed E-state index contributed by atoms with van der Waals surface area (Å²) in [6.45, 7) is 1.57. The lowest BCUT2D eigenvalue weighted by Gasteiger charge is -2.11. The van der Waals surface area contributed by atoms with E-state index in [1.807, 2.05) is 0 Å². The van der Waals surface area contributed by atoms with Crippen molar-refractivity contribution in [3.8, 4) is 0 Å². The molecule has 1 amide bonds. The molecule has 0 aliphatic rings. The SMILES string of the molecule is Cc1ccc(C(F)(F)F)cc1Nc1nc(C(=O)NS(=O)(=O)N(C)C)co1. The Morgan fingerprint density at radius 3 is 2.50 bits per heavy atom. The molecule has 0 saturated heterocycles. The maximum atomic E-state index is 12.8. The second kappa shape index (κ2) is 6.96. The molecule has 26 heavy (non-hydrogen) atoms. The molecule has 1 aromatic carbocycles. The smallest absolute Gasteiger partial charge is 0.416 e.